The molecule has 0 saturated heterocycles. The molecular formula is C20H21N3O3. The first-order valence-corrected chi connectivity index (χ1v) is 8.40. The zero-order valence-electron chi connectivity index (χ0n) is 14.9. The lowest BCUT2D eigenvalue weighted by Gasteiger charge is -2.22. The minimum Gasteiger partial charge on any atom is -0.383 e. The molecule has 2 aromatic heterocycles. The van der Waals surface area contributed by atoms with Crippen molar-refractivity contribution in [2.45, 2.75) is 13.5 Å². The van der Waals surface area contributed by atoms with E-state index in [9.17, 15) is 9.59 Å². The van der Waals surface area contributed by atoms with Gasteiger partial charge < -0.3 is 14.6 Å². The molecule has 0 aliphatic rings. The Balaban J connectivity index is 1.94. The number of nitrogens with one attached hydrogen (secondary N) is 1. The highest BCUT2D eigenvalue weighted by Crippen LogP contribution is 2.16. The number of hydrogen-bond acceptors (Lipinski definition) is 4. The van der Waals surface area contributed by atoms with Crippen molar-refractivity contribution >= 4 is 16.8 Å². The van der Waals surface area contributed by atoms with Gasteiger partial charge in [-0.3, -0.25) is 14.6 Å². The largest absolute Gasteiger partial charge is 0.383 e. The van der Waals surface area contributed by atoms with Crippen LogP contribution >= 0.6 is 0 Å². The second kappa shape index (κ2) is 7.93. The average molecular weight is 351 g/mol. The minimum absolute atomic E-state index is 0.159. The molecule has 1 aromatic carbocycles. The molecule has 0 radical (unpaired) electrons. The summed E-state index contributed by atoms with van der Waals surface area (Å²) < 4.78 is 5.12. The van der Waals surface area contributed by atoms with E-state index in [1.165, 1.54) is 0 Å². The van der Waals surface area contributed by atoms with Gasteiger partial charge in [0.1, 0.15) is 0 Å². The number of ether oxygens (including phenoxy) is 1. The standard InChI is InChI=1S/C20H21N3O3/c1-14-4-3-5-16-12-17(19(24)22-18(14)16)13-23(10-11-26-2)20(25)15-6-8-21-9-7-15/h3-9,12H,10-11,13H2,1-2H3,(H,22,24). The summed E-state index contributed by atoms with van der Waals surface area (Å²) in [7, 11) is 1.58. The molecule has 0 fully saturated rings. The number of methoxy groups -OCH3 is 1. The molecule has 0 aliphatic heterocycles. The summed E-state index contributed by atoms with van der Waals surface area (Å²) in [6.07, 6.45) is 3.15. The van der Waals surface area contributed by atoms with Crippen LogP contribution in [0, 0.1) is 6.92 Å². The molecule has 0 unspecified atom stereocenters. The summed E-state index contributed by atoms with van der Waals surface area (Å²) in [5, 5.41) is 0.947. The van der Waals surface area contributed by atoms with Crippen molar-refractivity contribution in [2.24, 2.45) is 0 Å². The second-order valence-corrected chi connectivity index (χ2v) is 6.12. The first kappa shape index (κ1) is 17.8. The molecule has 1 N–H and O–H groups in total. The van der Waals surface area contributed by atoms with Gasteiger partial charge in [0.15, 0.2) is 0 Å². The van der Waals surface area contributed by atoms with Gasteiger partial charge in [0, 0.05) is 37.2 Å². The summed E-state index contributed by atoms with van der Waals surface area (Å²) in [6, 6.07) is 11.0. The summed E-state index contributed by atoms with van der Waals surface area (Å²) in [4.78, 5) is 33.8. The lowest BCUT2D eigenvalue weighted by molar-refractivity contribution is 0.0679. The number of aromatic nitrogens is 2. The van der Waals surface area contributed by atoms with Crippen LogP contribution < -0.4 is 5.56 Å². The molecule has 0 atom stereocenters. The molecule has 2 heterocycles. The van der Waals surface area contributed by atoms with E-state index < -0.39 is 0 Å². The number of fused-ring (bicyclic) bond motifs is 1. The maximum absolute atomic E-state index is 12.8. The van der Waals surface area contributed by atoms with Gasteiger partial charge in [0.25, 0.3) is 11.5 Å². The number of carbonyl (C=O) groups excluding carboxylic acids is 1. The molecule has 6 nitrogen and oxygen atoms in total. The van der Waals surface area contributed by atoms with Gasteiger partial charge in [-0.25, -0.2) is 0 Å². The van der Waals surface area contributed by atoms with E-state index in [1.807, 2.05) is 31.2 Å². The minimum atomic E-state index is -0.184. The smallest absolute Gasteiger partial charge is 0.254 e. The fourth-order valence-electron chi connectivity index (χ4n) is 2.88. The van der Waals surface area contributed by atoms with Crippen molar-refractivity contribution < 1.29 is 9.53 Å². The zero-order valence-corrected chi connectivity index (χ0v) is 14.9. The summed E-state index contributed by atoms with van der Waals surface area (Å²) in [5.41, 5.74) is 2.72. The number of aryl methyl sites for hydroxylation is 1. The first-order chi connectivity index (χ1) is 12.6. The van der Waals surface area contributed by atoms with Crippen LogP contribution in [0.15, 0.2) is 53.6 Å². The van der Waals surface area contributed by atoms with E-state index in [0.717, 1.165) is 16.5 Å². The third-order valence-electron chi connectivity index (χ3n) is 4.31. The van der Waals surface area contributed by atoms with E-state index in [1.54, 1.807) is 36.5 Å². The molecule has 0 aliphatic carbocycles. The zero-order chi connectivity index (χ0) is 18.5. The summed E-state index contributed by atoms with van der Waals surface area (Å²) in [5.74, 6) is -0.159. The molecular weight excluding hydrogens is 330 g/mol. The van der Waals surface area contributed by atoms with Crippen LogP contribution in [-0.4, -0.2) is 41.0 Å². The number of amides is 1. The Kier molecular flexibility index (Phi) is 5.43. The van der Waals surface area contributed by atoms with Gasteiger partial charge in [0.05, 0.1) is 18.7 Å². The number of carbonyl (C=O) groups is 1. The van der Waals surface area contributed by atoms with E-state index >= 15 is 0 Å². The van der Waals surface area contributed by atoms with Crippen LogP contribution in [0.25, 0.3) is 10.9 Å². The lowest BCUT2D eigenvalue weighted by Crippen LogP contribution is -2.35. The topological polar surface area (TPSA) is 75.3 Å². The van der Waals surface area contributed by atoms with Crippen molar-refractivity contribution in [1.29, 1.82) is 0 Å². The van der Waals surface area contributed by atoms with Crippen LogP contribution in [-0.2, 0) is 11.3 Å². The van der Waals surface area contributed by atoms with Crippen molar-refractivity contribution in [3.05, 3.63) is 75.8 Å². The number of H-pyrrole nitrogens is 1. The number of benzene rings is 1. The SMILES string of the molecule is COCCN(Cc1cc2cccc(C)c2[nH]c1=O)C(=O)c1ccncc1. The summed E-state index contributed by atoms with van der Waals surface area (Å²) in [6.45, 7) is 2.95. The highest BCUT2D eigenvalue weighted by molar-refractivity contribution is 5.94. The molecule has 134 valence electrons. The van der Waals surface area contributed by atoms with Gasteiger partial charge in [-0.1, -0.05) is 18.2 Å². The Labute approximate surface area is 151 Å². The van der Waals surface area contributed by atoms with Crippen LogP contribution in [0.2, 0.25) is 0 Å². The highest BCUT2D eigenvalue weighted by atomic mass is 16.5. The van der Waals surface area contributed by atoms with Crippen molar-refractivity contribution in [3.63, 3.8) is 0 Å². The van der Waals surface area contributed by atoms with Gasteiger partial charge in [-0.2, -0.15) is 0 Å². The van der Waals surface area contributed by atoms with Gasteiger partial charge in [0.2, 0.25) is 0 Å². The monoisotopic (exact) mass is 351 g/mol. The van der Waals surface area contributed by atoms with Crippen LogP contribution in [0.1, 0.15) is 21.5 Å². The fourth-order valence-corrected chi connectivity index (χ4v) is 2.88. The number of pyridine rings is 2. The van der Waals surface area contributed by atoms with E-state index in [0.29, 0.717) is 24.3 Å². The number of aromatic amines is 1. The molecule has 0 bridgehead atoms. The maximum Gasteiger partial charge on any atom is 0.254 e. The summed E-state index contributed by atoms with van der Waals surface area (Å²) >= 11 is 0. The normalized spacial score (nSPS) is 10.8. The van der Waals surface area contributed by atoms with Crippen LogP contribution in [0.4, 0.5) is 0 Å². The molecule has 3 rings (SSSR count). The Hall–Kier alpha value is -2.99. The number of para-hydroxylation sites is 1. The van der Waals surface area contributed by atoms with Crippen LogP contribution in [0.5, 0.6) is 0 Å². The third kappa shape index (κ3) is 3.81. The van der Waals surface area contributed by atoms with Crippen molar-refractivity contribution in [2.75, 3.05) is 20.3 Å². The van der Waals surface area contributed by atoms with Crippen molar-refractivity contribution in [1.82, 2.24) is 14.9 Å². The first-order valence-electron chi connectivity index (χ1n) is 8.40. The fraction of sp³-hybridized carbons (Fsp3) is 0.250. The average Bonchev–Trinajstić information content (AvgIpc) is 2.66. The molecule has 0 saturated carbocycles. The van der Waals surface area contributed by atoms with Crippen molar-refractivity contribution in [3.8, 4) is 0 Å². The predicted octanol–water partition coefficient (Wildman–Crippen LogP) is 2.52. The van der Waals surface area contributed by atoms with E-state index in [4.69, 9.17) is 4.74 Å². The molecule has 3 aromatic rings. The van der Waals surface area contributed by atoms with Crippen LogP contribution in [0.3, 0.4) is 0 Å². The van der Waals surface area contributed by atoms with Gasteiger partial charge in [-0.15, -0.1) is 0 Å². The van der Waals surface area contributed by atoms with Gasteiger partial charge >= 0.3 is 0 Å². The Morgan fingerprint density at radius 3 is 2.73 bits per heavy atom. The quantitative estimate of drug-likeness (QED) is 0.740. The number of hydrogen-bond donors (Lipinski definition) is 1. The van der Waals surface area contributed by atoms with E-state index in [2.05, 4.69) is 9.97 Å². The van der Waals surface area contributed by atoms with Gasteiger partial charge in [-0.05, 0) is 36.1 Å². The number of rotatable bonds is 6. The molecule has 1 amide bonds. The molecule has 0 spiro atoms. The predicted molar refractivity (Wildman–Crippen MR) is 100 cm³/mol. The third-order valence-corrected chi connectivity index (χ3v) is 4.31. The lowest BCUT2D eigenvalue weighted by atomic mass is 10.1. The number of nitrogens with zero attached hydrogens (tertiary/aromatic N) is 2. The Bertz CT molecular complexity index is 967. The van der Waals surface area contributed by atoms with E-state index in [-0.39, 0.29) is 18.0 Å². The molecule has 26 heavy (non-hydrogen) atoms. The molecule has 6 heteroatoms. The Morgan fingerprint density at radius 1 is 1.23 bits per heavy atom. The maximum atomic E-state index is 12.8. The highest BCUT2D eigenvalue weighted by Gasteiger charge is 2.18. The second-order valence-electron chi connectivity index (χ2n) is 6.12. The Morgan fingerprint density at radius 2 is 2.00 bits per heavy atom.